The Morgan fingerprint density at radius 1 is 0.679 bits per heavy atom. The molecule has 0 spiro atoms. The number of ether oxygens (including phenoxy) is 5. The molecule has 158 valence electrons. The summed E-state index contributed by atoms with van der Waals surface area (Å²) in [7, 11) is 0. The largest absolute Gasteiger partial charge is 0.462 e. The molecular weight excluding hydrogens is 376 g/mol. The molecule has 28 heavy (non-hydrogen) atoms. The number of hydrogen-bond donors (Lipinski definition) is 0. The van der Waals surface area contributed by atoms with Crippen molar-refractivity contribution in [1.29, 1.82) is 0 Å². The lowest BCUT2D eigenvalue weighted by Gasteiger charge is -2.35. The molecule has 0 saturated carbocycles. The first-order valence-electron chi connectivity index (χ1n) is 8.41. The van der Waals surface area contributed by atoms with Gasteiger partial charge in [-0.15, -0.1) is 6.58 Å². The van der Waals surface area contributed by atoms with Crippen LogP contribution in [0.2, 0.25) is 0 Å². The van der Waals surface area contributed by atoms with Crippen molar-refractivity contribution in [2.45, 2.75) is 65.5 Å². The summed E-state index contributed by atoms with van der Waals surface area (Å²) in [6.07, 6.45) is -3.76. The summed E-state index contributed by atoms with van der Waals surface area (Å²) in [5, 5.41) is 0. The van der Waals surface area contributed by atoms with Crippen molar-refractivity contribution in [3.63, 3.8) is 0 Å². The van der Waals surface area contributed by atoms with Gasteiger partial charge < -0.3 is 23.7 Å². The number of carbonyl (C=O) groups excluding carboxylic acids is 5. The van der Waals surface area contributed by atoms with Crippen molar-refractivity contribution in [3.8, 4) is 0 Å². The minimum absolute atomic E-state index is 0.0373. The van der Waals surface area contributed by atoms with Gasteiger partial charge >= 0.3 is 29.8 Å². The van der Waals surface area contributed by atoms with Crippen LogP contribution in [0.1, 0.15) is 41.0 Å². The second-order valence-electron chi connectivity index (χ2n) is 5.77. The first kappa shape index (κ1) is 25.1. The SMILES string of the molecule is C=CC[C@H](OC(C)=O)[C@@H](OC(C)=O)[C@H](OC(C)=O)[C@@H](COC(C)=O)OC(C)=O. The zero-order chi connectivity index (χ0) is 21.9. The molecule has 0 unspecified atom stereocenters. The summed E-state index contributed by atoms with van der Waals surface area (Å²) in [5.41, 5.74) is 0. The summed E-state index contributed by atoms with van der Waals surface area (Å²) < 4.78 is 25.6. The second kappa shape index (κ2) is 12.5. The van der Waals surface area contributed by atoms with E-state index in [2.05, 4.69) is 6.58 Å². The topological polar surface area (TPSA) is 132 Å². The van der Waals surface area contributed by atoms with Gasteiger partial charge in [-0.3, -0.25) is 24.0 Å². The van der Waals surface area contributed by atoms with E-state index in [1.54, 1.807) is 0 Å². The highest BCUT2D eigenvalue weighted by molar-refractivity contribution is 5.69. The minimum Gasteiger partial charge on any atom is -0.462 e. The van der Waals surface area contributed by atoms with E-state index >= 15 is 0 Å². The minimum atomic E-state index is -1.42. The van der Waals surface area contributed by atoms with Crippen LogP contribution in [-0.4, -0.2) is 60.9 Å². The van der Waals surface area contributed by atoms with Crippen molar-refractivity contribution in [1.82, 2.24) is 0 Å². The predicted molar refractivity (Wildman–Crippen MR) is 93.7 cm³/mol. The molecule has 0 aliphatic carbocycles. The standard InChI is InChI=1S/C18H26O10/c1-7-8-15(25-11(3)20)17(27-13(5)22)18(28-14(6)23)16(26-12(4)21)9-24-10(2)19/h7,15-18H,1,8-9H2,2-6H3/t15-,16+,17+,18+/m0/s1. The van der Waals surface area contributed by atoms with Gasteiger partial charge in [-0.1, -0.05) is 6.08 Å². The van der Waals surface area contributed by atoms with Crippen LogP contribution in [0.3, 0.4) is 0 Å². The van der Waals surface area contributed by atoms with Crippen molar-refractivity contribution >= 4 is 29.8 Å². The third-order valence-corrected chi connectivity index (χ3v) is 3.15. The van der Waals surface area contributed by atoms with Gasteiger partial charge in [0.15, 0.2) is 18.3 Å². The van der Waals surface area contributed by atoms with E-state index in [1.165, 1.54) is 6.08 Å². The van der Waals surface area contributed by atoms with E-state index < -0.39 is 60.9 Å². The molecule has 4 atom stereocenters. The summed E-state index contributed by atoms with van der Waals surface area (Å²) in [6, 6.07) is 0. The van der Waals surface area contributed by atoms with Gasteiger partial charge in [0, 0.05) is 41.0 Å². The first-order chi connectivity index (χ1) is 13.0. The van der Waals surface area contributed by atoms with Crippen LogP contribution in [-0.2, 0) is 47.7 Å². The van der Waals surface area contributed by atoms with Crippen LogP contribution in [0.5, 0.6) is 0 Å². The number of hydrogen-bond acceptors (Lipinski definition) is 10. The van der Waals surface area contributed by atoms with Gasteiger partial charge in [0.05, 0.1) is 0 Å². The maximum Gasteiger partial charge on any atom is 0.303 e. The molecule has 0 radical (unpaired) electrons. The Balaban J connectivity index is 6.09. The van der Waals surface area contributed by atoms with E-state index in [0.29, 0.717) is 0 Å². The lowest BCUT2D eigenvalue weighted by Crippen LogP contribution is -2.52. The predicted octanol–water partition coefficient (Wildman–Crippen LogP) is 0.852. The fraction of sp³-hybridized carbons (Fsp3) is 0.611. The molecule has 0 bridgehead atoms. The quantitative estimate of drug-likeness (QED) is 0.278. The maximum absolute atomic E-state index is 11.6. The molecule has 0 N–H and O–H groups in total. The van der Waals surface area contributed by atoms with Crippen molar-refractivity contribution in [2.75, 3.05) is 6.61 Å². The third kappa shape index (κ3) is 10.3. The van der Waals surface area contributed by atoms with E-state index in [-0.39, 0.29) is 6.42 Å². The molecule has 10 nitrogen and oxygen atoms in total. The molecule has 0 aromatic rings. The fourth-order valence-electron chi connectivity index (χ4n) is 2.33. The Bertz CT molecular complexity index is 597. The van der Waals surface area contributed by atoms with Crippen molar-refractivity contribution in [3.05, 3.63) is 12.7 Å². The Hall–Kier alpha value is -2.91. The molecule has 0 aliphatic heterocycles. The molecule has 0 heterocycles. The van der Waals surface area contributed by atoms with Crippen LogP contribution >= 0.6 is 0 Å². The smallest absolute Gasteiger partial charge is 0.303 e. The summed E-state index contributed by atoms with van der Waals surface area (Å²) in [5.74, 6) is -3.68. The van der Waals surface area contributed by atoms with Crippen molar-refractivity contribution < 1.29 is 47.7 Å². The fourth-order valence-corrected chi connectivity index (χ4v) is 2.33. The molecule has 10 heteroatoms. The van der Waals surface area contributed by atoms with Crippen LogP contribution in [0, 0.1) is 0 Å². The highest BCUT2D eigenvalue weighted by Crippen LogP contribution is 2.22. The number of carbonyl (C=O) groups is 5. The molecule has 0 fully saturated rings. The van der Waals surface area contributed by atoms with Gasteiger partial charge in [-0.25, -0.2) is 0 Å². The van der Waals surface area contributed by atoms with Crippen LogP contribution in [0.4, 0.5) is 0 Å². The number of rotatable bonds is 11. The van der Waals surface area contributed by atoms with E-state index in [9.17, 15) is 24.0 Å². The monoisotopic (exact) mass is 402 g/mol. The van der Waals surface area contributed by atoms with Crippen LogP contribution in [0.15, 0.2) is 12.7 Å². The average Bonchev–Trinajstić information content (AvgIpc) is 2.53. The zero-order valence-corrected chi connectivity index (χ0v) is 16.6. The average molecular weight is 402 g/mol. The highest BCUT2D eigenvalue weighted by atomic mass is 16.6. The first-order valence-corrected chi connectivity index (χ1v) is 8.41. The number of esters is 5. The Morgan fingerprint density at radius 2 is 1.07 bits per heavy atom. The second-order valence-corrected chi connectivity index (χ2v) is 5.77. The molecule has 0 aromatic carbocycles. The summed E-state index contributed by atoms with van der Waals surface area (Å²) in [6.45, 7) is 8.63. The van der Waals surface area contributed by atoms with E-state index in [4.69, 9.17) is 23.7 Å². The van der Waals surface area contributed by atoms with Crippen LogP contribution < -0.4 is 0 Å². The molecule has 0 amide bonds. The summed E-state index contributed by atoms with van der Waals surface area (Å²) in [4.78, 5) is 57.4. The third-order valence-electron chi connectivity index (χ3n) is 3.15. The molecular formula is C18H26O10. The highest BCUT2D eigenvalue weighted by Gasteiger charge is 2.43. The van der Waals surface area contributed by atoms with Gasteiger partial charge in [-0.05, 0) is 0 Å². The molecule has 0 rings (SSSR count). The van der Waals surface area contributed by atoms with Crippen molar-refractivity contribution in [2.24, 2.45) is 0 Å². The lowest BCUT2D eigenvalue weighted by molar-refractivity contribution is -0.202. The van der Waals surface area contributed by atoms with Gasteiger partial charge in [0.25, 0.3) is 0 Å². The maximum atomic E-state index is 11.6. The Kier molecular flexibility index (Phi) is 11.2. The van der Waals surface area contributed by atoms with Crippen LogP contribution in [0.25, 0.3) is 0 Å². The molecule has 0 aliphatic rings. The molecule has 0 saturated heterocycles. The van der Waals surface area contributed by atoms with Gasteiger partial charge in [-0.2, -0.15) is 0 Å². The Labute approximate surface area is 163 Å². The van der Waals surface area contributed by atoms with E-state index in [1.807, 2.05) is 0 Å². The molecule has 0 aromatic heterocycles. The Morgan fingerprint density at radius 3 is 1.43 bits per heavy atom. The lowest BCUT2D eigenvalue weighted by atomic mass is 9.99. The van der Waals surface area contributed by atoms with Gasteiger partial charge in [0.2, 0.25) is 0 Å². The zero-order valence-electron chi connectivity index (χ0n) is 16.6. The summed E-state index contributed by atoms with van der Waals surface area (Å²) >= 11 is 0. The van der Waals surface area contributed by atoms with E-state index in [0.717, 1.165) is 34.6 Å². The normalized spacial score (nSPS) is 14.5. The van der Waals surface area contributed by atoms with Gasteiger partial charge in [0.1, 0.15) is 12.7 Å².